The minimum atomic E-state index is 0.0375. The number of rotatable bonds is 6. The highest BCUT2D eigenvalue weighted by Gasteiger charge is 2.19. The van der Waals surface area contributed by atoms with Crippen LogP contribution in [0, 0.1) is 0 Å². The lowest BCUT2D eigenvalue weighted by Crippen LogP contribution is -2.45. The molecule has 5 nitrogen and oxygen atoms in total. The molecule has 0 bridgehead atoms. The lowest BCUT2D eigenvalue weighted by molar-refractivity contribution is 0.0828. The monoisotopic (exact) mass is 262 g/mol. The van der Waals surface area contributed by atoms with Gasteiger partial charge in [-0.05, 0) is 19.9 Å². The summed E-state index contributed by atoms with van der Waals surface area (Å²) in [6.45, 7) is 4.96. The van der Waals surface area contributed by atoms with Gasteiger partial charge in [-0.2, -0.15) is 5.10 Å². The van der Waals surface area contributed by atoms with Crippen molar-refractivity contribution in [3.05, 3.63) is 30.0 Å². The number of nitrogens with two attached hydrogens (primary N) is 1. The maximum absolute atomic E-state index is 5.62. The van der Waals surface area contributed by atoms with Gasteiger partial charge in [0.25, 0.3) is 0 Å². The fraction of sp³-hybridized carbons (Fsp3) is 0.500. The summed E-state index contributed by atoms with van der Waals surface area (Å²) < 4.78 is 7.37. The number of ether oxygens (including phenoxy) is 1. The topological polar surface area (TPSA) is 65.1 Å². The zero-order valence-electron chi connectivity index (χ0n) is 11.8. The van der Waals surface area contributed by atoms with E-state index in [1.807, 2.05) is 23.7 Å². The zero-order chi connectivity index (χ0) is 13.8. The Balaban J connectivity index is 2.34. The summed E-state index contributed by atoms with van der Waals surface area (Å²) in [5, 5.41) is 5.87. The fourth-order valence-corrected chi connectivity index (χ4v) is 2.32. The highest BCUT2D eigenvalue weighted by atomic mass is 16.5. The second-order valence-electron chi connectivity index (χ2n) is 4.70. The summed E-state index contributed by atoms with van der Waals surface area (Å²) in [4.78, 5) is 0. The van der Waals surface area contributed by atoms with Crippen LogP contribution in [0.25, 0.3) is 10.9 Å². The van der Waals surface area contributed by atoms with E-state index in [2.05, 4.69) is 29.6 Å². The number of aryl methyl sites for hydroxylation is 1. The molecule has 0 aliphatic heterocycles. The van der Waals surface area contributed by atoms with Crippen molar-refractivity contribution in [3.8, 4) is 0 Å². The van der Waals surface area contributed by atoms with Crippen molar-refractivity contribution in [2.45, 2.75) is 39.0 Å². The second-order valence-corrected chi connectivity index (χ2v) is 4.70. The van der Waals surface area contributed by atoms with Crippen molar-refractivity contribution in [1.82, 2.24) is 15.2 Å². The number of hydrogen-bond acceptors (Lipinski definition) is 4. The Hall–Kier alpha value is -1.43. The Kier molecular flexibility index (Phi) is 4.52. The molecule has 104 valence electrons. The van der Waals surface area contributed by atoms with E-state index in [-0.39, 0.29) is 12.1 Å². The Morgan fingerprint density at radius 2 is 2.16 bits per heavy atom. The van der Waals surface area contributed by atoms with Gasteiger partial charge < -0.3 is 4.74 Å². The second kappa shape index (κ2) is 6.14. The first kappa shape index (κ1) is 14.0. The van der Waals surface area contributed by atoms with E-state index in [0.717, 1.165) is 18.7 Å². The first-order valence-electron chi connectivity index (χ1n) is 6.64. The maximum atomic E-state index is 5.62. The third kappa shape index (κ3) is 2.78. The molecule has 0 aliphatic carbocycles. The van der Waals surface area contributed by atoms with Crippen LogP contribution in [0.15, 0.2) is 24.3 Å². The molecule has 0 radical (unpaired) electrons. The molecule has 0 spiro atoms. The minimum Gasteiger partial charge on any atom is -0.380 e. The minimum absolute atomic E-state index is 0.0375. The van der Waals surface area contributed by atoms with Crippen molar-refractivity contribution in [3.63, 3.8) is 0 Å². The van der Waals surface area contributed by atoms with Gasteiger partial charge in [0.1, 0.15) is 0 Å². The van der Waals surface area contributed by atoms with Crippen LogP contribution in [0.5, 0.6) is 0 Å². The van der Waals surface area contributed by atoms with E-state index in [0.29, 0.717) is 0 Å². The van der Waals surface area contributed by atoms with Gasteiger partial charge in [0.05, 0.1) is 23.4 Å². The predicted octanol–water partition coefficient (Wildman–Crippen LogP) is 1.47. The van der Waals surface area contributed by atoms with Gasteiger partial charge >= 0.3 is 0 Å². The van der Waals surface area contributed by atoms with E-state index in [1.54, 1.807) is 7.11 Å². The standard InChI is InChI=1S/C14H22N4O/c1-4-18-14-8-6-5-7-11(14)13(17-18)9-12(16-15)10(2)19-3/h5-8,10,12,16H,4,9,15H2,1-3H3. The van der Waals surface area contributed by atoms with Crippen molar-refractivity contribution >= 4 is 10.9 Å². The highest BCUT2D eigenvalue weighted by Crippen LogP contribution is 2.20. The number of fused-ring (bicyclic) bond motifs is 1. The molecule has 0 fully saturated rings. The molecule has 5 heteroatoms. The molecule has 2 rings (SSSR count). The number of hydrogen-bond donors (Lipinski definition) is 2. The molecular weight excluding hydrogens is 240 g/mol. The van der Waals surface area contributed by atoms with E-state index in [1.165, 1.54) is 10.9 Å². The van der Waals surface area contributed by atoms with Crippen molar-refractivity contribution in [2.24, 2.45) is 5.84 Å². The van der Waals surface area contributed by atoms with Crippen LogP contribution in [0.2, 0.25) is 0 Å². The number of nitrogens with one attached hydrogen (secondary N) is 1. The summed E-state index contributed by atoms with van der Waals surface area (Å²) in [7, 11) is 1.69. The number of para-hydroxylation sites is 1. The Morgan fingerprint density at radius 3 is 2.79 bits per heavy atom. The summed E-state index contributed by atoms with van der Waals surface area (Å²) in [6, 6.07) is 8.33. The molecule has 0 amide bonds. The van der Waals surface area contributed by atoms with Crippen molar-refractivity contribution in [2.75, 3.05) is 7.11 Å². The first-order valence-corrected chi connectivity index (χ1v) is 6.64. The Bertz CT molecular complexity index is 537. The molecule has 1 aromatic carbocycles. The summed E-state index contributed by atoms with van der Waals surface area (Å²) in [6.07, 6.45) is 0.787. The van der Waals surface area contributed by atoms with Crippen LogP contribution in [0.3, 0.4) is 0 Å². The van der Waals surface area contributed by atoms with E-state index >= 15 is 0 Å². The number of aromatic nitrogens is 2. The highest BCUT2D eigenvalue weighted by molar-refractivity contribution is 5.82. The zero-order valence-corrected chi connectivity index (χ0v) is 11.8. The third-order valence-electron chi connectivity index (χ3n) is 3.60. The number of benzene rings is 1. The smallest absolute Gasteiger partial charge is 0.0720 e. The first-order chi connectivity index (χ1) is 9.21. The normalized spacial score (nSPS) is 14.7. The lowest BCUT2D eigenvalue weighted by Gasteiger charge is -2.21. The van der Waals surface area contributed by atoms with Gasteiger partial charge in [0.2, 0.25) is 0 Å². The summed E-state index contributed by atoms with van der Waals surface area (Å²) in [5.41, 5.74) is 5.05. The average molecular weight is 262 g/mol. The molecule has 2 atom stereocenters. The molecular formula is C14H22N4O. The Labute approximate surface area is 113 Å². The molecule has 3 N–H and O–H groups in total. The van der Waals surface area contributed by atoms with Gasteiger partial charge in [0.15, 0.2) is 0 Å². The van der Waals surface area contributed by atoms with Crippen LogP contribution < -0.4 is 11.3 Å². The Morgan fingerprint density at radius 1 is 1.42 bits per heavy atom. The SMILES string of the molecule is CCn1nc(CC(NN)C(C)OC)c2ccccc21. The molecule has 2 unspecified atom stereocenters. The molecule has 0 saturated heterocycles. The van der Waals surface area contributed by atoms with Crippen LogP contribution in [0.4, 0.5) is 0 Å². The summed E-state index contributed by atoms with van der Waals surface area (Å²) >= 11 is 0. The van der Waals surface area contributed by atoms with Gasteiger partial charge in [-0.3, -0.25) is 16.0 Å². The fourth-order valence-electron chi connectivity index (χ4n) is 2.32. The van der Waals surface area contributed by atoms with Crippen molar-refractivity contribution < 1.29 is 4.74 Å². The third-order valence-corrected chi connectivity index (χ3v) is 3.60. The van der Waals surface area contributed by atoms with Crippen LogP contribution >= 0.6 is 0 Å². The van der Waals surface area contributed by atoms with Gasteiger partial charge in [-0.25, -0.2) is 0 Å². The average Bonchev–Trinajstić information content (AvgIpc) is 2.82. The number of methoxy groups -OCH3 is 1. The summed E-state index contributed by atoms with van der Waals surface area (Å²) in [5.74, 6) is 5.62. The van der Waals surface area contributed by atoms with Gasteiger partial charge in [0, 0.05) is 25.5 Å². The number of hydrazine groups is 1. The molecule has 2 aromatic rings. The van der Waals surface area contributed by atoms with E-state index in [9.17, 15) is 0 Å². The molecule has 0 saturated carbocycles. The van der Waals surface area contributed by atoms with Gasteiger partial charge in [-0.1, -0.05) is 18.2 Å². The van der Waals surface area contributed by atoms with Crippen LogP contribution in [-0.2, 0) is 17.7 Å². The molecule has 1 heterocycles. The van der Waals surface area contributed by atoms with Crippen molar-refractivity contribution in [1.29, 1.82) is 0 Å². The van der Waals surface area contributed by atoms with Gasteiger partial charge in [-0.15, -0.1) is 0 Å². The quantitative estimate of drug-likeness (QED) is 0.611. The molecule has 19 heavy (non-hydrogen) atoms. The predicted molar refractivity (Wildman–Crippen MR) is 76.7 cm³/mol. The van der Waals surface area contributed by atoms with E-state index < -0.39 is 0 Å². The van der Waals surface area contributed by atoms with E-state index in [4.69, 9.17) is 10.6 Å². The largest absolute Gasteiger partial charge is 0.380 e. The maximum Gasteiger partial charge on any atom is 0.0720 e. The lowest BCUT2D eigenvalue weighted by atomic mass is 10.0. The molecule has 1 aromatic heterocycles. The van der Waals surface area contributed by atoms with Crippen LogP contribution in [0.1, 0.15) is 19.5 Å². The number of nitrogens with zero attached hydrogens (tertiary/aromatic N) is 2. The molecule has 0 aliphatic rings. The van der Waals surface area contributed by atoms with Crippen LogP contribution in [-0.4, -0.2) is 29.0 Å².